The minimum absolute atomic E-state index is 0.194. The number of aromatic nitrogens is 2. The molecule has 0 aliphatic heterocycles. The summed E-state index contributed by atoms with van der Waals surface area (Å²) in [6, 6.07) is 8.71. The maximum atomic E-state index is 5.84. The first-order valence-corrected chi connectivity index (χ1v) is 5.84. The van der Waals surface area contributed by atoms with Crippen molar-refractivity contribution in [2.24, 2.45) is 5.73 Å². The lowest BCUT2D eigenvalue weighted by Gasteiger charge is -2.04. The molecule has 0 amide bonds. The van der Waals surface area contributed by atoms with Crippen molar-refractivity contribution in [3.63, 3.8) is 0 Å². The minimum Gasteiger partial charge on any atom is -0.353 e. The monoisotopic (exact) mass is 225 g/mol. The van der Waals surface area contributed by atoms with Gasteiger partial charge in [-0.2, -0.15) is 0 Å². The summed E-state index contributed by atoms with van der Waals surface area (Å²) in [5, 5.41) is 2.47. The van der Waals surface area contributed by atoms with E-state index in [1.165, 1.54) is 16.3 Å². The molecule has 1 atom stereocenters. The summed E-state index contributed by atoms with van der Waals surface area (Å²) in [6.07, 6.45) is 4.60. The summed E-state index contributed by atoms with van der Waals surface area (Å²) in [7, 11) is 0. The van der Waals surface area contributed by atoms with Gasteiger partial charge in [-0.3, -0.25) is 4.98 Å². The number of nitrogens with two attached hydrogens (primary N) is 1. The van der Waals surface area contributed by atoms with Gasteiger partial charge in [0.15, 0.2) is 0 Å². The molecule has 17 heavy (non-hydrogen) atoms. The predicted octanol–water partition coefficient (Wildman–Crippen LogP) is 2.61. The zero-order chi connectivity index (χ0) is 11.8. The van der Waals surface area contributed by atoms with E-state index in [0.717, 1.165) is 17.5 Å². The van der Waals surface area contributed by atoms with Crippen LogP contribution in [0.4, 0.5) is 0 Å². The Balaban J connectivity index is 2.23. The van der Waals surface area contributed by atoms with E-state index in [1.807, 2.05) is 25.4 Å². The molecule has 3 nitrogen and oxygen atoms in total. The van der Waals surface area contributed by atoms with Crippen LogP contribution < -0.4 is 5.73 Å². The standard InChI is InChI=1S/C14H15N3/c1-9(15)6-10-2-3-13-12(7-10)11-4-5-16-8-14(11)17-13/h2-5,7-9,17H,6,15H2,1H3. The number of fused-ring (bicyclic) bond motifs is 3. The van der Waals surface area contributed by atoms with Crippen molar-refractivity contribution in [1.82, 2.24) is 9.97 Å². The summed E-state index contributed by atoms with van der Waals surface area (Å²) in [5.74, 6) is 0. The second-order valence-electron chi connectivity index (χ2n) is 4.61. The largest absolute Gasteiger partial charge is 0.353 e. The van der Waals surface area contributed by atoms with Crippen LogP contribution in [0.3, 0.4) is 0 Å². The van der Waals surface area contributed by atoms with Crippen LogP contribution in [0.1, 0.15) is 12.5 Å². The van der Waals surface area contributed by atoms with Crippen molar-refractivity contribution in [1.29, 1.82) is 0 Å². The highest BCUT2D eigenvalue weighted by Gasteiger charge is 2.05. The second kappa shape index (κ2) is 3.86. The van der Waals surface area contributed by atoms with E-state index >= 15 is 0 Å². The Morgan fingerprint density at radius 2 is 2.12 bits per heavy atom. The van der Waals surface area contributed by atoms with Crippen LogP contribution in [0.25, 0.3) is 21.8 Å². The Morgan fingerprint density at radius 1 is 1.24 bits per heavy atom. The molecule has 0 spiro atoms. The molecule has 2 aromatic heterocycles. The van der Waals surface area contributed by atoms with Gasteiger partial charge in [-0.05, 0) is 37.1 Å². The molecule has 2 heterocycles. The van der Waals surface area contributed by atoms with Gasteiger partial charge in [0.2, 0.25) is 0 Å². The lowest BCUT2D eigenvalue weighted by Crippen LogP contribution is -2.17. The van der Waals surface area contributed by atoms with Gasteiger partial charge in [0.05, 0.1) is 11.7 Å². The molecule has 1 aromatic carbocycles. The molecule has 3 rings (SSSR count). The van der Waals surface area contributed by atoms with E-state index in [-0.39, 0.29) is 6.04 Å². The molecule has 3 aromatic rings. The number of aromatic amines is 1. The molecule has 0 radical (unpaired) electrons. The first-order valence-electron chi connectivity index (χ1n) is 5.84. The molecular weight excluding hydrogens is 210 g/mol. The Hall–Kier alpha value is -1.87. The fourth-order valence-corrected chi connectivity index (χ4v) is 2.30. The molecule has 1 unspecified atom stereocenters. The lowest BCUT2D eigenvalue weighted by molar-refractivity contribution is 0.739. The maximum Gasteiger partial charge on any atom is 0.0651 e. The van der Waals surface area contributed by atoms with Gasteiger partial charge < -0.3 is 10.7 Å². The van der Waals surface area contributed by atoms with E-state index in [0.29, 0.717) is 0 Å². The van der Waals surface area contributed by atoms with Gasteiger partial charge in [0.25, 0.3) is 0 Å². The molecule has 0 fully saturated rings. The highest BCUT2D eigenvalue weighted by Crippen LogP contribution is 2.25. The Bertz CT molecular complexity index is 667. The summed E-state index contributed by atoms with van der Waals surface area (Å²) in [5.41, 5.74) is 9.36. The van der Waals surface area contributed by atoms with E-state index in [2.05, 4.69) is 28.2 Å². The van der Waals surface area contributed by atoms with E-state index in [9.17, 15) is 0 Å². The topological polar surface area (TPSA) is 54.7 Å². The van der Waals surface area contributed by atoms with E-state index in [1.54, 1.807) is 0 Å². The molecule has 86 valence electrons. The van der Waals surface area contributed by atoms with Gasteiger partial charge in [0.1, 0.15) is 0 Å². The minimum atomic E-state index is 0.194. The summed E-state index contributed by atoms with van der Waals surface area (Å²) in [6.45, 7) is 2.03. The third-order valence-electron chi connectivity index (χ3n) is 3.02. The average molecular weight is 225 g/mol. The van der Waals surface area contributed by atoms with Gasteiger partial charge in [-0.1, -0.05) is 6.07 Å². The third-order valence-corrected chi connectivity index (χ3v) is 3.02. The number of nitrogens with one attached hydrogen (secondary N) is 1. The average Bonchev–Trinajstić information content (AvgIpc) is 2.66. The van der Waals surface area contributed by atoms with Gasteiger partial charge in [0, 0.05) is 28.5 Å². The normalized spacial score (nSPS) is 13.3. The Morgan fingerprint density at radius 3 is 2.94 bits per heavy atom. The highest BCUT2D eigenvalue weighted by atomic mass is 14.7. The van der Waals surface area contributed by atoms with Crippen molar-refractivity contribution < 1.29 is 0 Å². The van der Waals surface area contributed by atoms with Crippen LogP contribution in [0.15, 0.2) is 36.7 Å². The van der Waals surface area contributed by atoms with Crippen LogP contribution in [-0.4, -0.2) is 16.0 Å². The van der Waals surface area contributed by atoms with Crippen molar-refractivity contribution >= 4 is 21.8 Å². The molecule has 3 N–H and O–H groups in total. The Labute approximate surface area is 99.7 Å². The first-order chi connectivity index (χ1) is 8.24. The zero-order valence-corrected chi connectivity index (χ0v) is 9.77. The van der Waals surface area contributed by atoms with Crippen LogP contribution in [0.5, 0.6) is 0 Å². The molecule has 0 saturated heterocycles. The summed E-state index contributed by atoms with van der Waals surface area (Å²) in [4.78, 5) is 7.49. The van der Waals surface area contributed by atoms with Crippen molar-refractivity contribution in [2.45, 2.75) is 19.4 Å². The van der Waals surface area contributed by atoms with Crippen molar-refractivity contribution in [3.8, 4) is 0 Å². The lowest BCUT2D eigenvalue weighted by atomic mass is 10.0. The quantitative estimate of drug-likeness (QED) is 0.704. The number of hydrogen-bond donors (Lipinski definition) is 2. The third kappa shape index (κ3) is 1.78. The van der Waals surface area contributed by atoms with Crippen molar-refractivity contribution in [2.75, 3.05) is 0 Å². The van der Waals surface area contributed by atoms with Crippen LogP contribution >= 0.6 is 0 Å². The molecule has 3 heteroatoms. The molecule has 0 saturated carbocycles. The summed E-state index contributed by atoms with van der Waals surface area (Å²) < 4.78 is 0. The van der Waals surface area contributed by atoms with Gasteiger partial charge in [-0.25, -0.2) is 0 Å². The number of rotatable bonds is 2. The number of nitrogens with zero attached hydrogens (tertiary/aromatic N) is 1. The van der Waals surface area contributed by atoms with E-state index in [4.69, 9.17) is 5.73 Å². The Kier molecular flexibility index (Phi) is 2.34. The fraction of sp³-hybridized carbons (Fsp3) is 0.214. The van der Waals surface area contributed by atoms with Gasteiger partial charge >= 0.3 is 0 Å². The van der Waals surface area contributed by atoms with Crippen LogP contribution in [-0.2, 0) is 6.42 Å². The number of hydrogen-bond acceptors (Lipinski definition) is 2. The van der Waals surface area contributed by atoms with Crippen LogP contribution in [0, 0.1) is 0 Å². The number of H-pyrrole nitrogens is 1. The molecule has 0 bridgehead atoms. The van der Waals surface area contributed by atoms with Crippen molar-refractivity contribution in [3.05, 3.63) is 42.2 Å². The molecule has 0 aliphatic rings. The highest BCUT2D eigenvalue weighted by molar-refractivity contribution is 6.06. The first kappa shape index (κ1) is 10.3. The van der Waals surface area contributed by atoms with Gasteiger partial charge in [-0.15, -0.1) is 0 Å². The SMILES string of the molecule is CC(N)Cc1ccc2[nH]c3cnccc3c2c1. The number of pyridine rings is 1. The van der Waals surface area contributed by atoms with E-state index < -0.39 is 0 Å². The smallest absolute Gasteiger partial charge is 0.0651 e. The number of benzene rings is 1. The maximum absolute atomic E-state index is 5.84. The van der Waals surface area contributed by atoms with Crippen LogP contribution in [0.2, 0.25) is 0 Å². The fourth-order valence-electron chi connectivity index (χ4n) is 2.30. The zero-order valence-electron chi connectivity index (χ0n) is 9.77. The summed E-state index contributed by atoms with van der Waals surface area (Å²) >= 11 is 0. The second-order valence-corrected chi connectivity index (χ2v) is 4.61. The molecule has 0 aliphatic carbocycles. The predicted molar refractivity (Wildman–Crippen MR) is 71.0 cm³/mol. The molecular formula is C14H15N3.